The van der Waals surface area contributed by atoms with Gasteiger partial charge in [-0.15, -0.1) is 0 Å². The van der Waals surface area contributed by atoms with Crippen LogP contribution in [-0.4, -0.2) is 9.91 Å². The first-order valence-electron chi connectivity index (χ1n) is 3.48. The van der Waals surface area contributed by atoms with Crippen molar-refractivity contribution in [3.05, 3.63) is 36.7 Å². The minimum absolute atomic E-state index is 0.127. The third kappa shape index (κ3) is 1.55. The molecule has 0 aliphatic heterocycles. The zero-order valence-electron chi connectivity index (χ0n) is 7.05. The van der Waals surface area contributed by atoms with Crippen LogP contribution >= 0.6 is 11.6 Å². The molecule has 0 radical (unpaired) electrons. The number of rotatable bonds is 1. The van der Waals surface area contributed by atoms with Gasteiger partial charge in [-0.25, -0.2) is 0 Å². The molecule has 5 nitrogen and oxygen atoms in total. The Balaban J connectivity index is 3.63. The maximum absolute atomic E-state index is 11.3. The molecule has 0 unspecified atom stereocenters. The standard InChI is InChI=1S/C7H7ClN2O3/c1-3-5(8)7(11)6(10(12)13)4(2)9-3/h1-2H3,(H,9,11). The molecule has 1 rings (SSSR count). The summed E-state index contributed by atoms with van der Waals surface area (Å²) in [5.41, 5.74) is -0.567. The summed E-state index contributed by atoms with van der Waals surface area (Å²) < 4.78 is 0. The third-order valence-electron chi connectivity index (χ3n) is 1.66. The highest BCUT2D eigenvalue weighted by molar-refractivity contribution is 6.31. The Labute approximate surface area is 78.5 Å². The van der Waals surface area contributed by atoms with Crippen LogP contribution in [0.25, 0.3) is 0 Å². The van der Waals surface area contributed by atoms with Crippen molar-refractivity contribution < 1.29 is 4.92 Å². The monoisotopic (exact) mass is 202 g/mol. The normalized spacial score (nSPS) is 10.1. The molecule has 0 aliphatic rings. The number of hydrogen-bond acceptors (Lipinski definition) is 3. The first kappa shape index (κ1) is 9.73. The number of aromatic amines is 1. The van der Waals surface area contributed by atoms with Gasteiger partial charge in [0.05, 0.1) is 10.6 Å². The van der Waals surface area contributed by atoms with Gasteiger partial charge in [-0.1, -0.05) is 11.6 Å². The van der Waals surface area contributed by atoms with Gasteiger partial charge >= 0.3 is 5.69 Å². The lowest BCUT2D eigenvalue weighted by Gasteiger charge is -2.00. The Morgan fingerprint density at radius 2 is 1.92 bits per heavy atom. The van der Waals surface area contributed by atoms with E-state index in [1.807, 2.05) is 0 Å². The molecule has 0 atom stereocenters. The zero-order chi connectivity index (χ0) is 10.2. The van der Waals surface area contributed by atoms with Crippen LogP contribution in [0.1, 0.15) is 11.4 Å². The second-order valence-corrected chi connectivity index (χ2v) is 3.00. The number of aryl methyl sites for hydroxylation is 2. The van der Waals surface area contributed by atoms with Crippen LogP contribution < -0.4 is 5.43 Å². The molecule has 0 bridgehead atoms. The molecule has 70 valence electrons. The number of H-pyrrole nitrogens is 1. The summed E-state index contributed by atoms with van der Waals surface area (Å²) in [7, 11) is 0. The second-order valence-electron chi connectivity index (χ2n) is 2.62. The molecule has 1 N–H and O–H groups in total. The van der Waals surface area contributed by atoms with E-state index in [0.29, 0.717) is 5.69 Å². The number of hydrogen-bond donors (Lipinski definition) is 1. The van der Waals surface area contributed by atoms with Crippen LogP contribution in [0.3, 0.4) is 0 Å². The van der Waals surface area contributed by atoms with Crippen LogP contribution in [0.15, 0.2) is 4.79 Å². The van der Waals surface area contributed by atoms with E-state index in [9.17, 15) is 14.9 Å². The van der Waals surface area contributed by atoms with Crippen molar-refractivity contribution in [3.63, 3.8) is 0 Å². The number of pyridine rings is 1. The molecule has 1 aromatic heterocycles. The van der Waals surface area contributed by atoms with E-state index >= 15 is 0 Å². The Bertz CT molecular complexity index is 424. The summed E-state index contributed by atoms with van der Waals surface area (Å²) in [5.74, 6) is 0. The van der Waals surface area contributed by atoms with Crippen LogP contribution in [-0.2, 0) is 0 Å². The molecule has 0 spiro atoms. The van der Waals surface area contributed by atoms with E-state index in [-0.39, 0.29) is 10.7 Å². The van der Waals surface area contributed by atoms with E-state index in [1.165, 1.54) is 6.92 Å². The van der Waals surface area contributed by atoms with Gasteiger partial charge in [0.25, 0.3) is 5.43 Å². The predicted octanol–water partition coefficient (Wildman–Crippen LogP) is 1.55. The van der Waals surface area contributed by atoms with Crippen LogP contribution in [0.5, 0.6) is 0 Å². The van der Waals surface area contributed by atoms with E-state index in [0.717, 1.165) is 0 Å². The summed E-state index contributed by atoms with van der Waals surface area (Å²) in [6.45, 7) is 3.04. The van der Waals surface area contributed by atoms with E-state index in [2.05, 4.69) is 4.98 Å². The highest BCUT2D eigenvalue weighted by atomic mass is 35.5. The van der Waals surface area contributed by atoms with Gasteiger partial charge in [0.2, 0.25) is 0 Å². The molecule has 0 saturated carbocycles. The fourth-order valence-electron chi connectivity index (χ4n) is 1.06. The van der Waals surface area contributed by atoms with Crippen molar-refractivity contribution in [1.82, 2.24) is 4.98 Å². The van der Waals surface area contributed by atoms with Gasteiger partial charge in [-0.2, -0.15) is 0 Å². The average molecular weight is 203 g/mol. The zero-order valence-corrected chi connectivity index (χ0v) is 7.81. The minimum Gasteiger partial charge on any atom is -0.356 e. The topological polar surface area (TPSA) is 76.0 Å². The van der Waals surface area contributed by atoms with Crippen molar-refractivity contribution in [2.24, 2.45) is 0 Å². The molecule has 1 heterocycles. The molecule has 1 aromatic rings. The molecular weight excluding hydrogens is 196 g/mol. The van der Waals surface area contributed by atoms with Crippen molar-refractivity contribution in [2.75, 3.05) is 0 Å². The SMILES string of the molecule is Cc1[nH]c(C)c([N+](=O)[O-])c(=O)c1Cl. The largest absolute Gasteiger partial charge is 0.356 e. The Kier molecular flexibility index (Phi) is 2.38. The summed E-state index contributed by atoms with van der Waals surface area (Å²) >= 11 is 5.55. The fraction of sp³-hybridized carbons (Fsp3) is 0.286. The molecule has 13 heavy (non-hydrogen) atoms. The van der Waals surface area contributed by atoms with Crippen molar-refractivity contribution in [2.45, 2.75) is 13.8 Å². The van der Waals surface area contributed by atoms with Gasteiger partial charge in [0, 0.05) is 5.69 Å². The summed E-state index contributed by atoms with van der Waals surface area (Å²) in [5, 5.41) is 10.3. The van der Waals surface area contributed by atoms with Gasteiger partial charge in [0.15, 0.2) is 0 Å². The quantitative estimate of drug-likeness (QED) is 0.555. The first-order chi connectivity index (χ1) is 5.95. The molecule has 0 aliphatic carbocycles. The molecule has 6 heteroatoms. The number of nitrogens with zero attached hydrogens (tertiary/aromatic N) is 1. The maximum atomic E-state index is 11.3. The lowest BCUT2D eigenvalue weighted by Crippen LogP contribution is -2.13. The fourth-order valence-corrected chi connectivity index (χ4v) is 1.20. The van der Waals surface area contributed by atoms with Gasteiger partial charge in [-0.05, 0) is 13.8 Å². The number of halogens is 1. The Morgan fingerprint density at radius 1 is 1.38 bits per heavy atom. The summed E-state index contributed by atoms with van der Waals surface area (Å²) in [6.07, 6.45) is 0. The number of nitro groups is 1. The Morgan fingerprint density at radius 3 is 2.38 bits per heavy atom. The minimum atomic E-state index is -0.737. The Hall–Kier alpha value is -1.36. The van der Waals surface area contributed by atoms with E-state index < -0.39 is 16.0 Å². The average Bonchev–Trinajstić information content (AvgIpc) is 1.99. The molecule has 0 saturated heterocycles. The molecule has 0 aromatic carbocycles. The highest BCUT2D eigenvalue weighted by Gasteiger charge is 2.20. The molecule has 0 amide bonds. The van der Waals surface area contributed by atoms with Crippen LogP contribution in [0, 0.1) is 24.0 Å². The molecular formula is C7H7ClN2O3. The lowest BCUT2D eigenvalue weighted by atomic mass is 10.2. The van der Waals surface area contributed by atoms with Crippen molar-refractivity contribution >= 4 is 17.3 Å². The van der Waals surface area contributed by atoms with Crippen LogP contribution in [0.2, 0.25) is 5.02 Å². The highest BCUT2D eigenvalue weighted by Crippen LogP contribution is 2.15. The molecule has 0 fully saturated rings. The number of aromatic nitrogens is 1. The predicted molar refractivity (Wildman–Crippen MR) is 48.2 cm³/mol. The van der Waals surface area contributed by atoms with Crippen molar-refractivity contribution in [3.8, 4) is 0 Å². The third-order valence-corrected chi connectivity index (χ3v) is 2.11. The lowest BCUT2D eigenvalue weighted by molar-refractivity contribution is -0.386. The van der Waals surface area contributed by atoms with Gasteiger partial charge in [-0.3, -0.25) is 14.9 Å². The van der Waals surface area contributed by atoms with Gasteiger partial charge < -0.3 is 4.98 Å². The summed E-state index contributed by atoms with van der Waals surface area (Å²) in [4.78, 5) is 23.6. The van der Waals surface area contributed by atoms with Gasteiger partial charge in [0.1, 0.15) is 5.02 Å². The maximum Gasteiger partial charge on any atom is 0.336 e. The first-order valence-corrected chi connectivity index (χ1v) is 3.86. The summed E-state index contributed by atoms with van der Waals surface area (Å²) in [6, 6.07) is 0. The van der Waals surface area contributed by atoms with Crippen LogP contribution in [0.4, 0.5) is 5.69 Å². The second kappa shape index (κ2) is 3.18. The smallest absolute Gasteiger partial charge is 0.336 e. The van der Waals surface area contributed by atoms with E-state index in [4.69, 9.17) is 11.6 Å². The van der Waals surface area contributed by atoms with E-state index in [1.54, 1.807) is 6.92 Å². The number of nitrogens with one attached hydrogen (secondary N) is 1. The van der Waals surface area contributed by atoms with Crippen molar-refractivity contribution in [1.29, 1.82) is 0 Å².